The number of carbonyl (C=O) groups excluding carboxylic acids is 1. The van der Waals surface area contributed by atoms with Gasteiger partial charge in [0.25, 0.3) is 0 Å². The fraction of sp³-hybridized carbons (Fsp3) is 0.542. The van der Waals surface area contributed by atoms with Gasteiger partial charge in [-0.15, -0.1) is 0 Å². The molecule has 0 saturated carbocycles. The molecule has 1 atom stereocenters. The van der Waals surface area contributed by atoms with E-state index in [9.17, 15) is 9.90 Å². The Morgan fingerprint density at radius 2 is 1.88 bits per heavy atom. The lowest BCUT2D eigenvalue weighted by Crippen LogP contribution is -2.47. The Bertz CT molecular complexity index is 1010. The van der Waals surface area contributed by atoms with Crippen molar-refractivity contribution >= 4 is 23.4 Å². The SMILES string of the molecule is Cc1c(C(O)CN2CCC3(CC2)CCN(c2cncc(Cl)n2)CC3)ccc2c1COC2=O. The van der Waals surface area contributed by atoms with Gasteiger partial charge in [0.15, 0.2) is 0 Å². The molecule has 1 aromatic carbocycles. The lowest BCUT2D eigenvalue weighted by molar-refractivity contribution is 0.0447. The van der Waals surface area contributed by atoms with E-state index < -0.39 is 6.10 Å². The molecular formula is C24H29ClN4O3. The number of β-amino-alcohol motifs (C(OH)–C–C–N with tert-alkyl or cyclic N) is 1. The number of aliphatic hydroxyl groups excluding tert-OH is 1. The fourth-order valence-electron chi connectivity index (χ4n) is 5.48. The van der Waals surface area contributed by atoms with Crippen molar-refractivity contribution in [3.63, 3.8) is 0 Å². The molecule has 7 nitrogen and oxygen atoms in total. The third-order valence-corrected chi connectivity index (χ3v) is 7.84. The smallest absolute Gasteiger partial charge is 0.338 e. The monoisotopic (exact) mass is 456 g/mol. The van der Waals surface area contributed by atoms with Crippen molar-refractivity contribution in [3.05, 3.63) is 51.9 Å². The van der Waals surface area contributed by atoms with Gasteiger partial charge < -0.3 is 19.6 Å². The summed E-state index contributed by atoms with van der Waals surface area (Å²) >= 11 is 6.00. The second-order valence-corrected chi connectivity index (χ2v) is 9.77. The van der Waals surface area contributed by atoms with Crippen LogP contribution in [0.1, 0.15) is 58.8 Å². The molecule has 2 fully saturated rings. The molecule has 1 unspecified atom stereocenters. The molecule has 2 aromatic rings. The summed E-state index contributed by atoms with van der Waals surface area (Å²) in [6.45, 7) is 6.86. The van der Waals surface area contributed by atoms with Crippen LogP contribution in [0.5, 0.6) is 0 Å². The maximum atomic E-state index is 11.8. The van der Waals surface area contributed by atoms with E-state index in [0.29, 0.717) is 29.3 Å². The number of halogens is 1. The maximum absolute atomic E-state index is 11.8. The van der Waals surface area contributed by atoms with Gasteiger partial charge >= 0.3 is 5.97 Å². The highest BCUT2D eigenvalue weighted by atomic mass is 35.5. The molecule has 1 spiro atoms. The first-order chi connectivity index (χ1) is 15.4. The number of aromatic nitrogens is 2. The lowest BCUT2D eigenvalue weighted by atomic mass is 9.71. The number of hydrogen-bond donors (Lipinski definition) is 1. The number of nitrogens with zero attached hydrogens (tertiary/aromatic N) is 4. The molecule has 4 heterocycles. The maximum Gasteiger partial charge on any atom is 0.338 e. The van der Waals surface area contributed by atoms with E-state index in [-0.39, 0.29) is 5.97 Å². The minimum Gasteiger partial charge on any atom is -0.457 e. The first kappa shape index (κ1) is 21.6. The van der Waals surface area contributed by atoms with E-state index >= 15 is 0 Å². The van der Waals surface area contributed by atoms with E-state index in [0.717, 1.165) is 74.4 Å². The number of cyclic esters (lactones) is 1. The Morgan fingerprint density at radius 3 is 2.59 bits per heavy atom. The summed E-state index contributed by atoms with van der Waals surface area (Å²) in [5, 5.41) is 11.4. The largest absolute Gasteiger partial charge is 0.457 e. The zero-order valence-electron chi connectivity index (χ0n) is 18.4. The molecule has 0 aliphatic carbocycles. The predicted octanol–water partition coefficient (Wildman–Crippen LogP) is 3.52. The van der Waals surface area contributed by atoms with Crippen LogP contribution in [0.15, 0.2) is 24.5 Å². The van der Waals surface area contributed by atoms with Crippen LogP contribution >= 0.6 is 11.6 Å². The van der Waals surface area contributed by atoms with Gasteiger partial charge in [-0.3, -0.25) is 4.98 Å². The van der Waals surface area contributed by atoms with Crippen LogP contribution in [0.25, 0.3) is 0 Å². The predicted molar refractivity (Wildman–Crippen MR) is 122 cm³/mol. The molecule has 0 amide bonds. The molecule has 3 aliphatic rings. The third kappa shape index (κ3) is 4.09. The fourth-order valence-corrected chi connectivity index (χ4v) is 5.62. The number of carbonyl (C=O) groups is 1. The molecule has 0 radical (unpaired) electrons. The average molecular weight is 457 g/mol. The van der Waals surface area contributed by atoms with Gasteiger partial charge in [-0.2, -0.15) is 0 Å². The van der Waals surface area contributed by atoms with E-state index in [4.69, 9.17) is 16.3 Å². The number of rotatable bonds is 4. The zero-order chi connectivity index (χ0) is 22.3. The number of piperidine rings is 2. The molecule has 1 N–H and O–H groups in total. The van der Waals surface area contributed by atoms with Gasteiger partial charge in [0.2, 0.25) is 0 Å². The lowest BCUT2D eigenvalue weighted by Gasteiger charge is -2.47. The number of likely N-dealkylation sites (tertiary alicyclic amines) is 1. The van der Waals surface area contributed by atoms with Gasteiger partial charge in [-0.05, 0) is 68.3 Å². The average Bonchev–Trinajstić information content (AvgIpc) is 3.18. The number of ether oxygens (including phenoxy) is 1. The highest BCUT2D eigenvalue weighted by Crippen LogP contribution is 2.42. The van der Waals surface area contributed by atoms with Gasteiger partial charge in [-0.1, -0.05) is 17.7 Å². The van der Waals surface area contributed by atoms with Crippen molar-refractivity contribution in [2.45, 2.75) is 45.3 Å². The number of aliphatic hydroxyl groups is 1. The van der Waals surface area contributed by atoms with Crippen LogP contribution < -0.4 is 4.90 Å². The molecule has 32 heavy (non-hydrogen) atoms. The Hall–Kier alpha value is -2.22. The normalized spacial score (nSPS) is 21.5. The topological polar surface area (TPSA) is 78.8 Å². The van der Waals surface area contributed by atoms with Crippen molar-refractivity contribution in [2.75, 3.05) is 37.6 Å². The van der Waals surface area contributed by atoms with Crippen molar-refractivity contribution in [2.24, 2.45) is 5.41 Å². The number of fused-ring (bicyclic) bond motifs is 1. The van der Waals surface area contributed by atoms with Crippen LogP contribution in [0, 0.1) is 12.3 Å². The van der Waals surface area contributed by atoms with Gasteiger partial charge in [0.1, 0.15) is 17.6 Å². The van der Waals surface area contributed by atoms with E-state index in [1.807, 2.05) is 13.0 Å². The second-order valence-electron chi connectivity index (χ2n) is 9.39. The quantitative estimate of drug-likeness (QED) is 0.705. The highest BCUT2D eigenvalue weighted by Gasteiger charge is 2.38. The summed E-state index contributed by atoms with van der Waals surface area (Å²) in [5.74, 6) is 0.601. The molecule has 3 aliphatic heterocycles. The molecule has 170 valence electrons. The third-order valence-electron chi connectivity index (χ3n) is 7.66. The molecule has 2 saturated heterocycles. The summed E-state index contributed by atoms with van der Waals surface area (Å²) < 4.78 is 5.15. The Morgan fingerprint density at radius 1 is 1.16 bits per heavy atom. The number of benzene rings is 1. The summed E-state index contributed by atoms with van der Waals surface area (Å²) in [6, 6.07) is 3.67. The minimum absolute atomic E-state index is 0.265. The minimum atomic E-state index is -0.562. The summed E-state index contributed by atoms with van der Waals surface area (Å²) in [6.07, 6.45) is 7.40. The molecule has 5 rings (SSSR count). The number of esters is 1. The van der Waals surface area contributed by atoms with E-state index in [2.05, 4.69) is 19.8 Å². The summed E-state index contributed by atoms with van der Waals surface area (Å²) in [7, 11) is 0. The van der Waals surface area contributed by atoms with Crippen LogP contribution in [0.2, 0.25) is 5.15 Å². The second kappa shape index (κ2) is 8.61. The first-order valence-electron chi connectivity index (χ1n) is 11.4. The van der Waals surface area contributed by atoms with Crippen molar-refractivity contribution in [1.29, 1.82) is 0 Å². The van der Waals surface area contributed by atoms with E-state index in [1.165, 1.54) is 0 Å². The highest BCUT2D eigenvalue weighted by molar-refractivity contribution is 6.29. The standard InChI is InChI=1S/C24H29ClN4O3/c1-16-17(2-3-18-19(16)15-32-23(18)31)20(30)14-28-8-4-24(5-9-28)6-10-29(11-7-24)22-13-26-12-21(25)27-22/h2-3,12-13,20,30H,4-11,14-15H2,1H3. The van der Waals surface area contributed by atoms with Crippen molar-refractivity contribution in [3.8, 4) is 0 Å². The van der Waals surface area contributed by atoms with Crippen molar-refractivity contribution < 1.29 is 14.6 Å². The first-order valence-corrected chi connectivity index (χ1v) is 11.7. The zero-order valence-corrected chi connectivity index (χ0v) is 19.1. The summed E-state index contributed by atoms with van der Waals surface area (Å²) in [5.41, 5.74) is 3.81. The van der Waals surface area contributed by atoms with Gasteiger partial charge in [0, 0.05) is 25.2 Å². The van der Waals surface area contributed by atoms with E-state index in [1.54, 1.807) is 18.5 Å². The molecule has 0 bridgehead atoms. The van der Waals surface area contributed by atoms with Crippen LogP contribution in [0.3, 0.4) is 0 Å². The Labute approximate surface area is 193 Å². The number of hydrogen-bond acceptors (Lipinski definition) is 7. The Balaban J connectivity index is 1.16. The van der Waals surface area contributed by atoms with Crippen LogP contribution in [-0.4, -0.2) is 58.7 Å². The van der Waals surface area contributed by atoms with Crippen LogP contribution in [0.4, 0.5) is 5.82 Å². The Kier molecular flexibility index (Phi) is 5.82. The van der Waals surface area contributed by atoms with Gasteiger partial charge in [0.05, 0.1) is 24.1 Å². The molecular weight excluding hydrogens is 428 g/mol. The summed E-state index contributed by atoms with van der Waals surface area (Å²) in [4.78, 5) is 25.0. The molecule has 1 aromatic heterocycles. The van der Waals surface area contributed by atoms with Gasteiger partial charge in [-0.25, -0.2) is 9.78 Å². The van der Waals surface area contributed by atoms with Crippen LogP contribution in [-0.2, 0) is 11.3 Å². The molecule has 8 heteroatoms. The van der Waals surface area contributed by atoms with Crippen molar-refractivity contribution in [1.82, 2.24) is 14.9 Å². The number of anilines is 1.